The first-order valence-electron chi connectivity index (χ1n) is 8.45. The van der Waals surface area contributed by atoms with Gasteiger partial charge in [0.15, 0.2) is 5.65 Å². The maximum absolute atomic E-state index is 11.1. The Bertz CT molecular complexity index is 885. The Morgan fingerprint density at radius 2 is 1.88 bits per heavy atom. The first-order valence-corrected chi connectivity index (χ1v) is 8.45. The molecule has 2 N–H and O–H groups in total. The number of hydrogen-bond donors (Lipinski definition) is 2. The highest BCUT2D eigenvalue weighted by Crippen LogP contribution is 2.27. The Kier molecular flexibility index (Phi) is 4.05. The van der Waals surface area contributed by atoms with Crippen molar-refractivity contribution in [2.75, 3.05) is 5.32 Å². The van der Waals surface area contributed by atoms with Gasteiger partial charge < -0.3 is 10.4 Å². The molecule has 1 aliphatic rings. The van der Waals surface area contributed by atoms with Gasteiger partial charge in [0.25, 0.3) is 0 Å². The molecule has 0 unspecified atom stereocenters. The number of carboxylic acids is 1. The largest absolute Gasteiger partial charge is 0.481 e. The molecule has 25 heavy (non-hydrogen) atoms. The number of aliphatic carboxylic acids is 1. The van der Waals surface area contributed by atoms with E-state index in [1.165, 1.54) is 0 Å². The van der Waals surface area contributed by atoms with Gasteiger partial charge in [0, 0.05) is 24.0 Å². The standard InChI is InChI=1S/C18H19N5O2/c24-18(25)13-1-3-14(4-2-13)21-16-5-6-17-20-11-15(23(17)22-16)12-7-9-19-10-8-12/h5-11,13-14H,1-4H2,(H,21,22)(H,24,25)/t13-,14-. The van der Waals surface area contributed by atoms with Crippen molar-refractivity contribution in [3.05, 3.63) is 42.9 Å². The van der Waals surface area contributed by atoms with Gasteiger partial charge in [-0.25, -0.2) is 9.50 Å². The van der Waals surface area contributed by atoms with Crippen LogP contribution in [0.25, 0.3) is 16.9 Å². The molecule has 7 nitrogen and oxygen atoms in total. The lowest BCUT2D eigenvalue weighted by Crippen LogP contribution is -2.29. The normalized spacial score (nSPS) is 20.5. The number of hydrogen-bond acceptors (Lipinski definition) is 5. The number of nitrogens with zero attached hydrogens (tertiary/aromatic N) is 4. The number of rotatable bonds is 4. The van der Waals surface area contributed by atoms with Crippen LogP contribution in [-0.2, 0) is 4.79 Å². The summed E-state index contributed by atoms with van der Waals surface area (Å²) in [6.07, 6.45) is 8.41. The quantitative estimate of drug-likeness (QED) is 0.760. The summed E-state index contributed by atoms with van der Waals surface area (Å²) < 4.78 is 1.82. The van der Waals surface area contributed by atoms with Crippen LogP contribution in [0.1, 0.15) is 25.7 Å². The molecule has 0 spiro atoms. The second-order valence-electron chi connectivity index (χ2n) is 6.40. The zero-order chi connectivity index (χ0) is 17.2. The van der Waals surface area contributed by atoms with Crippen molar-refractivity contribution < 1.29 is 9.90 Å². The average Bonchev–Trinajstić information content (AvgIpc) is 3.06. The van der Waals surface area contributed by atoms with Gasteiger partial charge in [0.1, 0.15) is 5.82 Å². The fourth-order valence-corrected chi connectivity index (χ4v) is 3.36. The van der Waals surface area contributed by atoms with Crippen molar-refractivity contribution in [1.29, 1.82) is 0 Å². The van der Waals surface area contributed by atoms with E-state index < -0.39 is 5.97 Å². The summed E-state index contributed by atoms with van der Waals surface area (Å²) in [6.45, 7) is 0. The Morgan fingerprint density at radius 3 is 2.60 bits per heavy atom. The molecule has 1 fully saturated rings. The fourth-order valence-electron chi connectivity index (χ4n) is 3.36. The van der Waals surface area contributed by atoms with Crippen molar-refractivity contribution in [3.63, 3.8) is 0 Å². The van der Waals surface area contributed by atoms with E-state index in [1.54, 1.807) is 18.6 Å². The summed E-state index contributed by atoms with van der Waals surface area (Å²) in [7, 11) is 0. The lowest BCUT2D eigenvalue weighted by Gasteiger charge is -2.27. The summed E-state index contributed by atoms with van der Waals surface area (Å²) in [5.74, 6) is -0.113. The molecule has 3 heterocycles. The van der Waals surface area contributed by atoms with Crippen molar-refractivity contribution in [3.8, 4) is 11.3 Å². The van der Waals surface area contributed by atoms with Crippen molar-refractivity contribution in [1.82, 2.24) is 19.6 Å². The fraction of sp³-hybridized carbons (Fsp3) is 0.333. The number of carbonyl (C=O) groups is 1. The average molecular weight is 337 g/mol. The summed E-state index contributed by atoms with van der Waals surface area (Å²) in [4.78, 5) is 19.5. The van der Waals surface area contributed by atoms with Crippen molar-refractivity contribution in [2.24, 2.45) is 5.92 Å². The molecule has 1 aliphatic carbocycles. The molecule has 4 rings (SSSR count). The second-order valence-corrected chi connectivity index (χ2v) is 6.40. The summed E-state index contributed by atoms with van der Waals surface area (Å²) >= 11 is 0. The third-order valence-electron chi connectivity index (χ3n) is 4.77. The van der Waals surface area contributed by atoms with E-state index in [-0.39, 0.29) is 12.0 Å². The van der Waals surface area contributed by atoms with Crippen molar-refractivity contribution >= 4 is 17.4 Å². The van der Waals surface area contributed by atoms with Gasteiger partial charge >= 0.3 is 5.97 Å². The highest BCUT2D eigenvalue weighted by molar-refractivity contribution is 5.70. The monoisotopic (exact) mass is 337 g/mol. The van der Waals surface area contributed by atoms with Crippen LogP contribution >= 0.6 is 0 Å². The van der Waals surface area contributed by atoms with Gasteiger partial charge in [0.05, 0.1) is 17.8 Å². The molecule has 0 aromatic carbocycles. The first-order chi connectivity index (χ1) is 12.2. The lowest BCUT2D eigenvalue weighted by atomic mass is 9.86. The minimum atomic E-state index is -0.682. The van der Waals surface area contributed by atoms with E-state index in [1.807, 2.05) is 28.8 Å². The molecule has 0 radical (unpaired) electrons. The first kappa shape index (κ1) is 15.6. The number of fused-ring (bicyclic) bond motifs is 1. The molecule has 0 bridgehead atoms. The zero-order valence-corrected chi connectivity index (χ0v) is 13.7. The summed E-state index contributed by atoms with van der Waals surface area (Å²) in [5.41, 5.74) is 2.71. The van der Waals surface area contributed by atoms with Gasteiger partial charge in [-0.2, -0.15) is 0 Å². The van der Waals surface area contributed by atoms with Gasteiger partial charge in [-0.15, -0.1) is 5.10 Å². The lowest BCUT2D eigenvalue weighted by molar-refractivity contribution is -0.142. The topological polar surface area (TPSA) is 92.4 Å². The van der Waals surface area contributed by atoms with Crippen LogP contribution in [-0.4, -0.2) is 36.7 Å². The van der Waals surface area contributed by atoms with Crippen LogP contribution in [0.15, 0.2) is 42.9 Å². The maximum Gasteiger partial charge on any atom is 0.306 e. The SMILES string of the molecule is O=C(O)[C@H]1CC[C@H](Nc2ccc3ncc(-c4ccncc4)n3n2)CC1. The molecule has 7 heteroatoms. The van der Waals surface area contributed by atoms with Crippen LogP contribution in [0.3, 0.4) is 0 Å². The van der Waals surface area contributed by atoms with Crippen LogP contribution < -0.4 is 5.32 Å². The molecule has 0 amide bonds. The van der Waals surface area contributed by atoms with E-state index in [9.17, 15) is 4.79 Å². The summed E-state index contributed by atoms with van der Waals surface area (Å²) in [6, 6.07) is 7.97. The minimum absolute atomic E-state index is 0.208. The smallest absolute Gasteiger partial charge is 0.306 e. The molecule has 128 valence electrons. The molecule has 0 saturated heterocycles. The van der Waals surface area contributed by atoms with Crippen LogP contribution in [0.2, 0.25) is 0 Å². The van der Waals surface area contributed by atoms with Crippen LogP contribution in [0.5, 0.6) is 0 Å². The number of pyridine rings is 1. The zero-order valence-electron chi connectivity index (χ0n) is 13.7. The van der Waals surface area contributed by atoms with E-state index in [2.05, 4.69) is 20.4 Å². The molecule has 1 saturated carbocycles. The number of carboxylic acid groups (broad SMARTS) is 1. The van der Waals surface area contributed by atoms with Crippen LogP contribution in [0, 0.1) is 5.92 Å². The number of aromatic nitrogens is 4. The van der Waals surface area contributed by atoms with Gasteiger partial charge in [-0.1, -0.05) is 0 Å². The molecule has 3 aromatic heterocycles. The second kappa shape index (κ2) is 6.51. The number of imidazole rings is 1. The Hall–Kier alpha value is -2.96. The van der Waals surface area contributed by atoms with E-state index in [4.69, 9.17) is 5.11 Å². The maximum atomic E-state index is 11.1. The summed E-state index contributed by atoms with van der Waals surface area (Å²) in [5, 5.41) is 17.2. The van der Waals surface area contributed by atoms with E-state index in [0.29, 0.717) is 12.8 Å². The molecular weight excluding hydrogens is 318 g/mol. The number of anilines is 1. The van der Waals surface area contributed by atoms with E-state index >= 15 is 0 Å². The predicted molar refractivity (Wildman–Crippen MR) is 93.2 cm³/mol. The van der Waals surface area contributed by atoms with Gasteiger partial charge in [-0.05, 0) is 49.9 Å². The molecular formula is C18H19N5O2. The third kappa shape index (κ3) is 3.17. The molecule has 3 aromatic rings. The Labute approximate surface area is 144 Å². The highest BCUT2D eigenvalue weighted by atomic mass is 16.4. The predicted octanol–water partition coefficient (Wildman–Crippen LogP) is 2.85. The minimum Gasteiger partial charge on any atom is -0.481 e. The van der Waals surface area contributed by atoms with E-state index in [0.717, 1.165) is 35.6 Å². The van der Waals surface area contributed by atoms with Crippen LogP contribution in [0.4, 0.5) is 5.82 Å². The number of nitrogens with one attached hydrogen (secondary N) is 1. The third-order valence-corrected chi connectivity index (χ3v) is 4.77. The van der Waals surface area contributed by atoms with Crippen molar-refractivity contribution in [2.45, 2.75) is 31.7 Å². The van der Waals surface area contributed by atoms with Gasteiger partial charge in [-0.3, -0.25) is 9.78 Å². The molecule has 0 atom stereocenters. The highest BCUT2D eigenvalue weighted by Gasteiger charge is 2.26. The van der Waals surface area contributed by atoms with Gasteiger partial charge in [0.2, 0.25) is 0 Å². The Balaban J connectivity index is 1.54. The molecule has 0 aliphatic heterocycles. The Morgan fingerprint density at radius 1 is 1.12 bits per heavy atom.